The van der Waals surface area contributed by atoms with Crippen LogP contribution in [-0.4, -0.2) is 41.6 Å². The third kappa shape index (κ3) is 3.23. The predicted octanol–water partition coefficient (Wildman–Crippen LogP) is 2.50. The average molecular weight is 277 g/mol. The lowest BCUT2D eigenvalue weighted by Crippen LogP contribution is -2.43. The number of hydrogen-bond acceptors (Lipinski definition) is 2. The smallest absolute Gasteiger partial charge is 0.270 e. The molecule has 20 heavy (non-hydrogen) atoms. The fraction of sp³-hybridized carbons (Fsp3) is 0.688. The van der Waals surface area contributed by atoms with Crippen molar-refractivity contribution in [3.05, 3.63) is 24.0 Å². The Balaban J connectivity index is 2.00. The first-order valence-electron chi connectivity index (χ1n) is 7.77. The fourth-order valence-electron chi connectivity index (χ4n) is 3.14. The number of rotatable bonds is 5. The van der Waals surface area contributed by atoms with E-state index in [-0.39, 0.29) is 5.91 Å². The van der Waals surface area contributed by atoms with Crippen LogP contribution in [0.15, 0.2) is 18.3 Å². The topological polar surface area (TPSA) is 37.3 Å². The molecular formula is C16H27N3O. The second-order valence-electron chi connectivity index (χ2n) is 5.80. The average Bonchev–Trinajstić information content (AvgIpc) is 2.94. The van der Waals surface area contributed by atoms with Gasteiger partial charge in [0.1, 0.15) is 5.69 Å². The van der Waals surface area contributed by atoms with Crippen molar-refractivity contribution in [3.8, 4) is 0 Å². The molecule has 0 atom stereocenters. The van der Waals surface area contributed by atoms with Gasteiger partial charge in [-0.3, -0.25) is 4.79 Å². The molecule has 1 fully saturated rings. The van der Waals surface area contributed by atoms with Crippen LogP contribution in [0.1, 0.15) is 49.5 Å². The van der Waals surface area contributed by atoms with E-state index in [2.05, 4.69) is 16.8 Å². The van der Waals surface area contributed by atoms with Crippen molar-refractivity contribution in [2.24, 2.45) is 0 Å². The van der Waals surface area contributed by atoms with E-state index in [9.17, 15) is 4.79 Å². The highest BCUT2D eigenvalue weighted by Gasteiger charge is 2.27. The summed E-state index contributed by atoms with van der Waals surface area (Å²) < 4.78 is 2.07. The molecule has 0 unspecified atom stereocenters. The van der Waals surface area contributed by atoms with Crippen molar-refractivity contribution in [2.45, 2.75) is 57.7 Å². The summed E-state index contributed by atoms with van der Waals surface area (Å²) in [5.41, 5.74) is 0.824. The zero-order chi connectivity index (χ0) is 14.5. The van der Waals surface area contributed by atoms with Gasteiger partial charge in [0.15, 0.2) is 0 Å². The monoisotopic (exact) mass is 277 g/mol. The highest BCUT2D eigenvalue weighted by molar-refractivity contribution is 5.92. The van der Waals surface area contributed by atoms with Crippen LogP contribution in [0.2, 0.25) is 0 Å². The van der Waals surface area contributed by atoms with Gasteiger partial charge in [-0.15, -0.1) is 0 Å². The molecule has 0 aliphatic heterocycles. The molecule has 1 N–H and O–H groups in total. The number of hydrogen-bond donors (Lipinski definition) is 1. The Morgan fingerprint density at radius 3 is 2.70 bits per heavy atom. The molecule has 2 rings (SSSR count). The quantitative estimate of drug-likeness (QED) is 0.898. The molecule has 0 saturated heterocycles. The molecule has 0 aromatic carbocycles. The van der Waals surface area contributed by atoms with Crippen molar-refractivity contribution in [2.75, 3.05) is 14.1 Å². The van der Waals surface area contributed by atoms with Crippen LogP contribution in [0.25, 0.3) is 0 Å². The first kappa shape index (κ1) is 15.1. The first-order valence-corrected chi connectivity index (χ1v) is 7.77. The fourth-order valence-corrected chi connectivity index (χ4v) is 3.14. The molecule has 1 heterocycles. The number of nitrogens with one attached hydrogen (secondary N) is 1. The number of aromatic nitrogens is 1. The minimum absolute atomic E-state index is 0.163. The van der Waals surface area contributed by atoms with Crippen LogP contribution in [0.4, 0.5) is 0 Å². The molecule has 1 amide bonds. The van der Waals surface area contributed by atoms with Crippen molar-refractivity contribution in [1.29, 1.82) is 0 Å². The maximum atomic E-state index is 12.6. The SMILES string of the molecule is CCCn1cccc1C(=O)N(C)C1CCC(NC)CC1. The zero-order valence-electron chi connectivity index (χ0n) is 12.9. The van der Waals surface area contributed by atoms with Gasteiger partial charge in [0, 0.05) is 31.9 Å². The lowest BCUT2D eigenvalue weighted by atomic mass is 9.90. The minimum atomic E-state index is 0.163. The van der Waals surface area contributed by atoms with Crippen molar-refractivity contribution < 1.29 is 4.79 Å². The summed E-state index contributed by atoms with van der Waals surface area (Å²) in [7, 11) is 3.98. The van der Waals surface area contributed by atoms with Crippen molar-refractivity contribution >= 4 is 5.91 Å². The summed E-state index contributed by atoms with van der Waals surface area (Å²) in [4.78, 5) is 14.6. The summed E-state index contributed by atoms with van der Waals surface area (Å²) in [5.74, 6) is 0.163. The van der Waals surface area contributed by atoms with Crippen LogP contribution in [-0.2, 0) is 6.54 Å². The number of aryl methyl sites for hydroxylation is 1. The van der Waals surface area contributed by atoms with Gasteiger partial charge in [0.05, 0.1) is 0 Å². The Labute approximate surface area is 122 Å². The van der Waals surface area contributed by atoms with Crippen LogP contribution >= 0.6 is 0 Å². The standard InChI is InChI=1S/C16H27N3O/c1-4-11-19-12-5-6-15(19)16(20)18(3)14-9-7-13(17-2)8-10-14/h5-6,12-14,17H,4,7-11H2,1-3H3. The van der Waals surface area contributed by atoms with Gasteiger partial charge in [-0.25, -0.2) is 0 Å². The van der Waals surface area contributed by atoms with Gasteiger partial charge in [-0.05, 0) is 51.3 Å². The normalized spacial score (nSPS) is 22.8. The third-order valence-electron chi connectivity index (χ3n) is 4.49. The Hall–Kier alpha value is -1.29. The van der Waals surface area contributed by atoms with Gasteiger partial charge in [0.25, 0.3) is 5.91 Å². The van der Waals surface area contributed by atoms with Crippen LogP contribution in [0.3, 0.4) is 0 Å². The highest BCUT2D eigenvalue weighted by Crippen LogP contribution is 2.23. The molecule has 1 aliphatic rings. The van der Waals surface area contributed by atoms with E-state index in [1.54, 1.807) is 0 Å². The lowest BCUT2D eigenvalue weighted by Gasteiger charge is -2.34. The zero-order valence-corrected chi connectivity index (χ0v) is 12.9. The summed E-state index contributed by atoms with van der Waals surface area (Å²) in [5, 5.41) is 3.34. The summed E-state index contributed by atoms with van der Waals surface area (Å²) in [6.45, 7) is 3.05. The molecule has 4 heteroatoms. The highest BCUT2D eigenvalue weighted by atomic mass is 16.2. The molecule has 4 nitrogen and oxygen atoms in total. The van der Waals surface area contributed by atoms with Crippen molar-refractivity contribution in [3.63, 3.8) is 0 Å². The summed E-state index contributed by atoms with van der Waals surface area (Å²) in [6, 6.07) is 4.92. The molecule has 0 radical (unpaired) electrons. The number of amides is 1. The maximum Gasteiger partial charge on any atom is 0.270 e. The minimum Gasteiger partial charge on any atom is -0.344 e. The molecule has 1 saturated carbocycles. The van der Waals surface area contributed by atoms with E-state index >= 15 is 0 Å². The number of nitrogens with zero attached hydrogens (tertiary/aromatic N) is 2. The Bertz CT molecular complexity index is 433. The van der Waals surface area contributed by atoms with E-state index in [0.29, 0.717) is 12.1 Å². The first-order chi connectivity index (χ1) is 9.67. The van der Waals surface area contributed by atoms with Gasteiger partial charge in [-0.1, -0.05) is 6.92 Å². The summed E-state index contributed by atoms with van der Waals surface area (Å²) in [6.07, 6.45) is 7.57. The molecule has 1 aromatic rings. The Kier molecular flexibility index (Phi) is 5.24. The third-order valence-corrected chi connectivity index (χ3v) is 4.49. The van der Waals surface area contributed by atoms with E-state index in [4.69, 9.17) is 0 Å². The molecular weight excluding hydrogens is 250 g/mol. The van der Waals surface area contributed by atoms with Gasteiger partial charge >= 0.3 is 0 Å². The second-order valence-corrected chi connectivity index (χ2v) is 5.80. The van der Waals surface area contributed by atoms with Gasteiger partial charge in [-0.2, -0.15) is 0 Å². The van der Waals surface area contributed by atoms with Gasteiger partial charge < -0.3 is 14.8 Å². The summed E-state index contributed by atoms with van der Waals surface area (Å²) >= 11 is 0. The lowest BCUT2D eigenvalue weighted by molar-refractivity contribution is 0.0674. The van der Waals surface area contributed by atoms with E-state index < -0.39 is 0 Å². The van der Waals surface area contributed by atoms with E-state index in [0.717, 1.165) is 44.3 Å². The van der Waals surface area contributed by atoms with Crippen LogP contribution < -0.4 is 5.32 Å². The van der Waals surface area contributed by atoms with Crippen LogP contribution in [0, 0.1) is 0 Å². The second kappa shape index (κ2) is 6.93. The van der Waals surface area contributed by atoms with Crippen LogP contribution in [0.5, 0.6) is 0 Å². The molecule has 0 spiro atoms. The molecule has 0 bridgehead atoms. The van der Waals surface area contributed by atoms with E-state index in [1.807, 2.05) is 37.3 Å². The van der Waals surface area contributed by atoms with E-state index in [1.165, 1.54) is 0 Å². The molecule has 1 aromatic heterocycles. The maximum absolute atomic E-state index is 12.6. The Morgan fingerprint density at radius 1 is 1.40 bits per heavy atom. The number of carbonyl (C=O) groups is 1. The number of carbonyl (C=O) groups excluding carboxylic acids is 1. The molecule has 112 valence electrons. The largest absolute Gasteiger partial charge is 0.344 e. The predicted molar refractivity (Wildman–Crippen MR) is 81.9 cm³/mol. The molecule has 1 aliphatic carbocycles. The Morgan fingerprint density at radius 2 is 2.10 bits per heavy atom. The van der Waals surface area contributed by atoms with Crippen molar-refractivity contribution in [1.82, 2.24) is 14.8 Å². The van der Waals surface area contributed by atoms with Gasteiger partial charge in [0.2, 0.25) is 0 Å².